The molecule has 2 heterocycles. The maximum atomic E-state index is 12.3. The quantitative estimate of drug-likeness (QED) is 0.760. The molecule has 0 aliphatic carbocycles. The molecule has 4 nitrogen and oxygen atoms in total. The molecule has 1 aromatic heterocycles. The van der Waals surface area contributed by atoms with E-state index in [0.29, 0.717) is 0 Å². The Labute approximate surface area is 140 Å². The highest BCUT2D eigenvalue weighted by atomic mass is 16.5. The van der Waals surface area contributed by atoms with Gasteiger partial charge in [-0.3, -0.25) is 9.89 Å². The second-order valence-electron chi connectivity index (χ2n) is 6.52. The Bertz CT molecular complexity index is 904. The van der Waals surface area contributed by atoms with Crippen molar-refractivity contribution in [1.82, 2.24) is 10.2 Å². The fraction of sp³-hybridized carbons (Fsp3) is 0.350. The third-order valence-corrected chi connectivity index (χ3v) is 4.90. The number of ether oxygens (including phenoxy) is 1. The van der Waals surface area contributed by atoms with Gasteiger partial charge in [-0.2, -0.15) is 0 Å². The number of H-pyrrole nitrogens is 2. The molecule has 0 unspecified atom stereocenters. The minimum absolute atomic E-state index is 0.0723. The van der Waals surface area contributed by atoms with Crippen molar-refractivity contribution in [3.05, 3.63) is 69.6 Å². The van der Waals surface area contributed by atoms with Gasteiger partial charge in [-0.05, 0) is 22.8 Å². The molecule has 0 saturated carbocycles. The SMILES string of the molecule is CCCC[C@@H]1Cc2[nH][nH]c(=O)c2[C@H](c2cccc3ccccc23)O1. The molecular weight excluding hydrogens is 300 g/mol. The second-order valence-corrected chi connectivity index (χ2v) is 6.52. The van der Waals surface area contributed by atoms with Crippen molar-refractivity contribution in [3.63, 3.8) is 0 Å². The molecule has 0 fully saturated rings. The summed E-state index contributed by atoms with van der Waals surface area (Å²) in [7, 11) is 0. The molecular formula is C20H22N2O2. The van der Waals surface area contributed by atoms with E-state index in [1.165, 1.54) is 5.39 Å². The molecule has 0 spiro atoms. The van der Waals surface area contributed by atoms with E-state index >= 15 is 0 Å². The van der Waals surface area contributed by atoms with Gasteiger partial charge in [0, 0.05) is 12.1 Å². The standard InChI is InChI=1S/C20H22N2O2/c1-2-3-9-14-12-17-18(20(23)22-21-17)19(24-14)16-11-6-8-13-7-4-5-10-15(13)16/h4-8,10-11,14,19H,2-3,9,12H2,1H3,(H2,21,22,23)/t14-,19+/m1/s1. The van der Waals surface area contributed by atoms with Crippen molar-refractivity contribution in [2.75, 3.05) is 0 Å². The number of aromatic nitrogens is 2. The van der Waals surface area contributed by atoms with Crippen molar-refractivity contribution in [2.45, 2.75) is 44.8 Å². The number of benzene rings is 2. The fourth-order valence-electron chi connectivity index (χ4n) is 3.69. The number of hydrogen-bond acceptors (Lipinski definition) is 2. The van der Waals surface area contributed by atoms with Gasteiger partial charge in [-0.25, -0.2) is 0 Å². The smallest absolute Gasteiger partial charge is 0.270 e. The lowest BCUT2D eigenvalue weighted by atomic mass is 9.91. The van der Waals surface area contributed by atoms with Crippen LogP contribution in [-0.2, 0) is 11.2 Å². The molecule has 4 rings (SSSR count). The highest BCUT2D eigenvalue weighted by Crippen LogP contribution is 2.37. The summed E-state index contributed by atoms with van der Waals surface area (Å²) in [5.41, 5.74) is 2.72. The van der Waals surface area contributed by atoms with Crippen LogP contribution in [0.5, 0.6) is 0 Å². The molecule has 2 N–H and O–H groups in total. The molecule has 2 atom stereocenters. The molecule has 0 saturated heterocycles. The van der Waals surface area contributed by atoms with Crippen LogP contribution in [0.25, 0.3) is 10.8 Å². The van der Waals surface area contributed by atoms with Gasteiger partial charge in [-0.15, -0.1) is 0 Å². The van der Waals surface area contributed by atoms with E-state index in [2.05, 4.69) is 41.4 Å². The number of unbranched alkanes of at least 4 members (excludes halogenated alkanes) is 1. The van der Waals surface area contributed by atoms with E-state index in [1.807, 2.05) is 18.2 Å². The predicted octanol–water partition coefficient (Wildman–Crippen LogP) is 4.08. The van der Waals surface area contributed by atoms with Crippen molar-refractivity contribution in [2.24, 2.45) is 0 Å². The number of aromatic amines is 2. The van der Waals surface area contributed by atoms with Gasteiger partial charge in [-0.1, -0.05) is 62.2 Å². The van der Waals surface area contributed by atoms with Crippen LogP contribution >= 0.6 is 0 Å². The summed E-state index contributed by atoms with van der Waals surface area (Å²) >= 11 is 0. The lowest BCUT2D eigenvalue weighted by molar-refractivity contribution is -0.00964. The summed E-state index contributed by atoms with van der Waals surface area (Å²) in [6.07, 6.45) is 3.91. The monoisotopic (exact) mass is 322 g/mol. The molecule has 3 aromatic rings. The number of rotatable bonds is 4. The summed E-state index contributed by atoms with van der Waals surface area (Å²) in [6.45, 7) is 2.19. The minimum atomic E-state index is -0.309. The zero-order chi connectivity index (χ0) is 16.5. The minimum Gasteiger partial charge on any atom is -0.365 e. The Hall–Kier alpha value is -2.33. The highest BCUT2D eigenvalue weighted by Gasteiger charge is 2.33. The Kier molecular flexibility index (Phi) is 3.98. The van der Waals surface area contributed by atoms with E-state index in [0.717, 1.165) is 47.9 Å². The van der Waals surface area contributed by atoms with Crippen LogP contribution in [0, 0.1) is 0 Å². The Morgan fingerprint density at radius 3 is 2.83 bits per heavy atom. The molecule has 124 valence electrons. The lowest BCUT2D eigenvalue weighted by Crippen LogP contribution is -2.29. The first-order valence-electron chi connectivity index (χ1n) is 8.70. The van der Waals surface area contributed by atoms with Crippen LogP contribution in [0.2, 0.25) is 0 Å². The van der Waals surface area contributed by atoms with Gasteiger partial charge in [0.15, 0.2) is 0 Å². The van der Waals surface area contributed by atoms with Gasteiger partial charge in [0.2, 0.25) is 0 Å². The normalized spacial score (nSPS) is 20.2. The van der Waals surface area contributed by atoms with Crippen molar-refractivity contribution >= 4 is 10.8 Å². The first kappa shape index (κ1) is 15.2. The molecule has 1 aliphatic rings. The Balaban J connectivity index is 1.82. The summed E-state index contributed by atoms with van der Waals surface area (Å²) in [6, 6.07) is 14.5. The van der Waals surface area contributed by atoms with Crippen molar-refractivity contribution in [3.8, 4) is 0 Å². The summed E-state index contributed by atoms with van der Waals surface area (Å²) in [4.78, 5) is 12.3. The first-order valence-corrected chi connectivity index (χ1v) is 8.70. The van der Waals surface area contributed by atoms with Gasteiger partial charge >= 0.3 is 0 Å². The third-order valence-electron chi connectivity index (χ3n) is 4.90. The van der Waals surface area contributed by atoms with Gasteiger partial charge in [0.05, 0.1) is 11.7 Å². The van der Waals surface area contributed by atoms with Crippen LogP contribution in [-0.4, -0.2) is 16.3 Å². The first-order chi connectivity index (χ1) is 11.8. The van der Waals surface area contributed by atoms with Gasteiger partial charge < -0.3 is 9.84 Å². The van der Waals surface area contributed by atoms with E-state index < -0.39 is 0 Å². The largest absolute Gasteiger partial charge is 0.365 e. The Morgan fingerprint density at radius 1 is 1.12 bits per heavy atom. The maximum absolute atomic E-state index is 12.3. The van der Waals surface area contributed by atoms with E-state index in [9.17, 15) is 4.79 Å². The molecule has 0 radical (unpaired) electrons. The van der Waals surface area contributed by atoms with E-state index in [4.69, 9.17) is 4.74 Å². The average Bonchev–Trinajstić information content (AvgIpc) is 3.00. The van der Waals surface area contributed by atoms with Gasteiger partial charge in [0.25, 0.3) is 5.56 Å². The molecule has 0 bridgehead atoms. The highest BCUT2D eigenvalue weighted by molar-refractivity contribution is 5.86. The van der Waals surface area contributed by atoms with Gasteiger partial charge in [0.1, 0.15) is 6.10 Å². The van der Waals surface area contributed by atoms with Crippen LogP contribution < -0.4 is 5.56 Å². The fourth-order valence-corrected chi connectivity index (χ4v) is 3.69. The molecule has 24 heavy (non-hydrogen) atoms. The second kappa shape index (κ2) is 6.29. The Morgan fingerprint density at radius 2 is 1.96 bits per heavy atom. The summed E-state index contributed by atoms with van der Waals surface area (Å²) in [5.74, 6) is 0. The third kappa shape index (κ3) is 2.57. The number of fused-ring (bicyclic) bond motifs is 2. The molecule has 0 amide bonds. The van der Waals surface area contributed by atoms with Crippen molar-refractivity contribution in [1.29, 1.82) is 0 Å². The lowest BCUT2D eigenvalue weighted by Gasteiger charge is -2.30. The molecule has 4 heteroatoms. The number of nitrogens with one attached hydrogen (secondary N) is 2. The van der Waals surface area contributed by atoms with E-state index in [-0.39, 0.29) is 17.8 Å². The van der Waals surface area contributed by atoms with E-state index in [1.54, 1.807) is 0 Å². The predicted molar refractivity (Wildman–Crippen MR) is 95.3 cm³/mol. The zero-order valence-corrected chi connectivity index (χ0v) is 13.8. The van der Waals surface area contributed by atoms with Crippen LogP contribution in [0.1, 0.15) is 49.1 Å². The van der Waals surface area contributed by atoms with Crippen LogP contribution in [0.15, 0.2) is 47.3 Å². The number of hydrogen-bond donors (Lipinski definition) is 2. The van der Waals surface area contributed by atoms with Crippen LogP contribution in [0.4, 0.5) is 0 Å². The topological polar surface area (TPSA) is 57.9 Å². The average molecular weight is 322 g/mol. The molecule has 1 aliphatic heterocycles. The van der Waals surface area contributed by atoms with Crippen LogP contribution in [0.3, 0.4) is 0 Å². The summed E-state index contributed by atoms with van der Waals surface area (Å²) < 4.78 is 6.41. The van der Waals surface area contributed by atoms with Crippen molar-refractivity contribution < 1.29 is 4.74 Å². The zero-order valence-electron chi connectivity index (χ0n) is 13.8. The summed E-state index contributed by atoms with van der Waals surface area (Å²) in [5, 5.41) is 8.12. The maximum Gasteiger partial charge on any atom is 0.270 e. The molecule has 2 aromatic carbocycles.